The van der Waals surface area contributed by atoms with Crippen molar-refractivity contribution in [1.29, 1.82) is 5.26 Å². The van der Waals surface area contributed by atoms with Crippen LogP contribution in [0.5, 0.6) is 0 Å². The van der Waals surface area contributed by atoms with Crippen LogP contribution in [0.15, 0.2) is 9.70 Å². The Hall–Kier alpha value is -2.11. The summed E-state index contributed by atoms with van der Waals surface area (Å²) in [4.78, 5) is 30.7. The molecule has 2 saturated heterocycles. The van der Waals surface area contributed by atoms with Gasteiger partial charge in [0.1, 0.15) is 21.8 Å². The average molecular weight is 459 g/mol. The van der Waals surface area contributed by atoms with Crippen LogP contribution in [0.4, 0.5) is 5.82 Å². The summed E-state index contributed by atoms with van der Waals surface area (Å²) in [5.74, 6) is 0.756. The van der Waals surface area contributed by atoms with Crippen molar-refractivity contribution in [3.8, 4) is 6.07 Å². The number of aromatic nitrogens is 1. The number of nitrogens with zero attached hydrogens (tertiary/aromatic N) is 4. The molecule has 0 unspecified atom stereocenters. The largest absolute Gasteiger partial charge is 0.357 e. The Morgan fingerprint density at radius 3 is 2.39 bits per heavy atom. The fourth-order valence-corrected chi connectivity index (χ4v) is 5.37. The van der Waals surface area contributed by atoms with Crippen molar-refractivity contribution in [3.05, 3.63) is 31.9 Å². The number of carbonyl (C=O) groups excluding carboxylic acids is 1. The number of thioether (sulfide) groups is 1. The monoisotopic (exact) mass is 458 g/mol. The second-order valence-corrected chi connectivity index (χ2v) is 9.72. The minimum atomic E-state index is -0.233. The maximum absolute atomic E-state index is 13.2. The van der Waals surface area contributed by atoms with Crippen molar-refractivity contribution in [2.24, 2.45) is 0 Å². The van der Waals surface area contributed by atoms with Gasteiger partial charge < -0.3 is 4.90 Å². The lowest BCUT2D eigenvalue weighted by Gasteiger charge is -2.27. The first-order valence-corrected chi connectivity index (χ1v) is 12.3. The van der Waals surface area contributed by atoms with Crippen molar-refractivity contribution in [2.45, 2.75) is 65.8 Å². The molecule has 0 aliphatic carbocycles. The van der Waals surface area contributed by atoms with E-state index in [-0.39, 0.29) is 17.0 Å². The van der Waals surface area contributed by atoms with E-state index in [2.05, 4.69) is 24.8 Å². The number of amides is 1. The molecule has 3 rings (SSSR count). The zero-order valence-electron chi connectivity index (χ0n) is 18.6. The number of anilines is 1. The van der Waals surface area contributed by atoms with Gasteiger partial charge in [0.05, 0.1) is 4.91 Å². The third-order valence-corrected chi connectivity index (χ3v) is 7.25. The second kappa shape index (κ2) is 10.5. The smallest absolute Gasteiger partial charge is 0.270 e. The molecule has 0 spiro atoms. The molecule has 0 atom stereocenters. The number of thiocarbonyl (C=S) groups is 1. The maximum atomic E-state index is 13.2. The van der Waals surface area contributed by atoms with Crippen molar-refractivity contribution in [2.75, 3.05) is 24.5 Å². The minimum absolute atomic E-state index is 0.0833. The molecule has 0 radical (unpaired) electrons. The lowest BCUT2D eigenvalue weighted by molar-refractivity contribution is -0.122. The molecular formula is C23H30N4O2S2. The van der Waals surface area contributed by atoms with E-state index < -0.39 is 0 Å². The van der Waals surface area contributed by atoms with Gasteiger partial charge in [-0.2, -0.15) is 5.26 Å². The SMILES string of the molecule is CCCCN1C(=O)C(=Cc2c(C)c(C#N)c(=O)n(CCCC)c2N2CCCC2)SC1=S. The fourth-order valence-electron chi connectivity index (χ4n) is 4.08. The van der Waals surface area contributed by atoms with Gasteiger partial charge in [-0.3, -0.25) is 19.1 Å². The van der Waals surface area contributed by atoms with Crippen LogP contribution in [0.1, 0.15) is 69.1 Å². The normalized spacial score (nSPS) is 17.8. The summed E-state index contributed by atoms with van der Waals surface area (Å²) in [6.45, 7) is 8.91. The Labute approximate surface area is 193 Å². The molecule has 1 aromatic heterocycles. The van der Waals surface area contributed by atoms with Crippen LogP contribution in [0.25, 0.3) is 6.08 Å². The van der Waals surface area contributed by atoms with Gasteiger partial charge in [0, 0.05) is 31.7 Å². The number of unbranched alkanes of at least 4 members (excludes halogenated alkanes) is 2. The number of carbonyl (C=O) groups is 1. The van der Waals surface area contributed by atoms with E-state index in [9.17, 15) is 14.9 Å². The van der Waals surface area contributed by atoms with Crippen LogP contribution in [0.3, 0.4) is 0 Å². The minimum Gasteiger partial charge on any atom is -0.357 e. The van der Waals surface area contributed by atoms with Crippen LogP contribution in [-0.2, 0) is 11.3 Å². The maximum Gasteiger partial charge on any atom is 0.270 e. The number of rotatable bonds is 8. The highest BCUT2D eigenvalue weighted by Gasteiger charge is 2.33. The van der Waals surface area contributed by atoms with Gasteiger partial charge in [-0.25, -0.2) is 0 Å². The average Bonchev–Trinajstić information content (AvgIpc) is 3.37. The first-order chi connectivity index (χ1) is 14.9. The van der Waals surface area contributed by atoms with Crippen LogP contribution >= 0.6 is 24.0 Å². The van der Waals surface area contributed by atoms with Crippen LogP contribution < -0.4 is 10.5 Å². The van der Waals surface area contributed by atoms with Gasteiger partial charge in [-0.05, 0) is 44.2 Å². The predicted molar refractivity (Wildman–Crippen MR) is 131 cm³/mol. The molecule has 2 fully saturated rings. The third-order valence-electron chi connectivity index (χ3n) is 5.87. The van der Waals surface area contributed by atoms with Crippen molar-refractivity contribution < 1.29 is 4.79 Å². The molecule has 3 heterocycles. The van der Waals surface area contributed by atoms with Gasteiger partial charge in [0.25, 0.3) is 11.5 Å². The summed E-state index contributed by atoms with van der Waals surface area (Å²) in [6, 6.07) is 2.11. The van der Waals surface area contributed by atoms with E-state index >= 15 is 0 Å². The molecule has 1 amide bonds. The van der Waals surface area contributed by atoms with E-state index in [1.165, 1.54) is 11.8 Å². The van der Waals surface area contributed by atoms with E-state index in [4.69, 9.17) is 12.2 Å². The predicted octanol–water partition coefficient (Wildman–Crippen LogP) is 4.43. The lowest BCUT2D eigenvalue weighted by atomic mass is 10.0. The van der Waals surface area contributed by atoms with Crippen molar-refractivity contribution in [3.63, 3.8) is 0 Å². The first-order valence-electron chi connectivity index (χ1n) is 11.1. The molecule has 166 valence electrons. The molecule has 0 saturated carbocycles. The molecular weight excluding hydrogens is 428 g/mol. The first kappa shape index (κ1) is 23.6. The van der Waals surface area contributed by atoms with Crippen molar-refractivity contribution in [1.82, 2.24) is 9.47 Å². The standard InChI is InChI=1S/C23H30N4O2S2/c1-4-6-12-26-20(25-10-8-9-11-25)17(16(3)18(15-24)21(26)28)14-19-22(29)27(13-7-5-2)23(30)31-19/h14H,4-13H2,1-3H3. The van der Waals surface area contributed by atoms with Crippen LogP contribution in [0, 0.1) is 18.3 Å². The van der Waals surface area contributed by atoms with E-state index in [0.29, 0.717) is 27.9 Å². The van der Waals surface area contributed by atoms with E-state index in [0.717, 1.165) is 63.0 Å². The number of pyridine rings is 1. The Bertz CT molecular complexity index is 1000. The Balaban J connectivity index is 2.18. The molecule has 1 aromatic rings. The molecule has 0 N–H and O–H groups in total. The molecule has 31 heavy (non-hydrogen) atoms. The summed E-state index contributed by atoms with van der Waals surface area (Å²) < 4.78 is 2.33. The van der Waals surface area contributed by atoms with Crippen LogP contribution in [0.2, 0.25) is 0 Å². The number of hydrogen-bond acceptors (Lipinski definition) is 6. The highest BCUT2D eigenvalue weighted by Crippen LogP contribution is 2.36. The summed E-state index contributed by atoms with van der Waals surface area (Å²) >= 11 is 6.77. The highest BCUT2D eigenvalue weighted by molar-refractivity contribution is 8.26. The topological polar surface area (TPSA) is 69.3 Å². The van der Waals surface area contributed by atoms with Gasteiger partial charge in [-0.1, -0.05) is 50.7 Å². The number of nitriles is 1. The molecule has 2 aliphatic rings. The van der Waals surface area contributed by atoms with Gasteiger partial charge in [0.2, 0.25) is 0 Å². The quantitative estimate of drug-likeness (QED) is 0.424. The zero-order valence-corrected chi connectivity index (χ0v) is 20.2. The van der Waals surface area contributed by atoms with Crippen molar-refractivity contribution >= 4 is 46.1 Å². The molecule has 8 heteroatoms. The summed E-state index contributed by atoms with van der Waals surface area (Å²) in [6.07, 6.45) is 7.69. The summed E-state index contributed by atoms with van der Waals surface area (Å²) in [5.41, 5.74) is 1.36. The summed E-state index contributed by atoms with van der Waals surface area (Å²) in [5, 5.41) is 9.73. The molecule has 6 nitrogen and oxygen atoms in total. The third kappa shape index (κ3) is 4.73. The molecule has 0 bridgehead atoms. The highest BCUT2D eigenvalue weighted by atomic mass is 32.2. The van der Waals surface area contributed by atoms with Gasteiger partial charge in [-0.15, -0.1) is 0 Å². The van der Waals surface area contributed by atoms with Crippen LogP contribution in [-0.4, -0.2) is 39.3 Å². The molecule has 0 aromatic carbocycles. The Morgan fingerprint density at radius 2 is 1.77 bits per heavy atom. The zero-order chi connectivity index (χ0) is 22.5. The van der Waals surface area contributed by atoms with Gasteiger partial charge >= 0.3 is 0 Å². The van der Waals surface area contributed by atoms with E-state index in [1.54, 1.807) is 9.47 Å². The Kier molecular flexibility index (Phi) is 7.95. The summed E-state index contributed by atoms with van der Waals surface area (Å²) in [7, 11) is 0. The van der Waals surface area contributed by atoms with Gasteiger partial charge in [0.15, 0.2) is 0 Å². The van der Waals surface area contributed by atoms with E-state index in [1.807, 2.05) is 13.0 Å². The number of hydrogen-bond donors (Lipinski definition) is 0. The lowest BCUT2D eigenvalue weighted by Crippen LogP contribution is -2.33. The Morgan fingerprint density at radius 1 is 1.13 bits per heavy atom. The fraction of sp³-hybridized carbons (Fsp3) is 0.565. The second-order valence-electron chi connectivity index (χ2n) is 8.04. The molecule has 2 aliphatic heterocycles.